The monoisotopic (exact) mass is 457 g/mol. The van der Waals surface area contributed by atoms with Crippen LogP contribution >= 0.6 is 11.3 Å². The van der Waals surface area contributed by atoms with Crippen LogP contribution in [0.3, 0.4) is 0 Å². The van der Waals surface area contributed by atoms with Crippen LogP contribution in [0.5, 0.6) is 5.75 Å². The van der Waals surface area contributed by atoms with Crippen LogP contribution in [0, 0.1) is 0 Å². The van der Waals surface area contributed by atoms with Crippen LogP contribution in [0.25, 0.3) is 21.6 Å². The Kier molecular flexibility index (Phi) is 7.35. The van der Waals surface area contributed by atoms with Gasteiger partial charge >= 0.3 is 6.03 Å². The minimum absolute atomic E-state index is 0.194. The molecule has 1 saturated heterocycles. The number of urea groups is 1. The van der Waals surface area contributed by atoms with Crippen molar-refractivity contribution in [1.29, 1.82) is 0 Å². The number of rotatable bonds is 8. The number of aromatic nitrogens is 2. The Hall–Kier alpha value is -2.95. The van der Waals surface area contributed by atoms with Crippen LogP contribution in [-0.4, -0.2) is 66.9 Å². The maximum Gasteiger partial charge on any atom is 0.319 e. The summed E-state index contributed by atoms with van der Waals surface area (Å²) in [5.41, 5.74) is 1.64. The standard InChI is InChI=1S/C22H27N5O4S/c1-2-10-31-18-4-3-15(24-22(29)23-6-7-27-8-11-30-12-9-27)14-16(18)20-25-17-5-13-32-19(17)21(28)26-20/h3-5,13-14H,2,6-12H2,1H3,(H2,23,24,29)(H,25,26,28). The molecule has 0 bridgehead atoms. The summed E-state index contributed by atoms with van der Waals surface area (Å²) in [4.78, 5) is 34.5. The molecule has 1 aliphatic rings. The predicted molar refractivity (Wildman–Crippen MR) is 126 cm³/mol. The van der Waals surface area contributed by atoms with Gasteiger partial charge in [-0.1, -0.05) is 6.92 Å². The number of carbonyl (C=O) groups is 1. The van der Waals surface area contributed by atoms with Crippen molar-refractivity contribution in [3.63, 3.8) is 0 Å². The van der Waals surface area contributed by atoms with Crippen molar-refractivity contribution in [1.82, 2.24) is 20.2 Å². The lowest BCUT2D eigenvalue weighted by Gasteiger charge is -2.26. The summed E-state index contributed by atoms with van der Waals surface area (Å²) in [6.45, 7) is 7.10. The summed E-state index contributed by atoms with van der Waals surface area (Å²) in [6.07, 6.45) is 0.846. The van der Waals surface area contributed by atoms with Gasteiger partial charge in [0.05, 0.1) is 30.9 Å². The molecule has 3 aromatic rings. The van der Waals surface area contributed by atoms with Gasteiger partial charge in [-0.15, -0.1) is 11.3 Å². The number of ether oxygens (including phenoxy) is 2. The highest BCUT2D eigenvalue weighted by atomic mass is 32.1. The third kappa shape index (κ3) is 5.45. The number of H-pyrrole nitrogens is 1. The van der Waals surface area contributed by atoms with Gasteiger partial charge in [-0.2, -0.15) is 0 Å². The van der Waals surface area contributed by atoms with Crippen LogP contribution < -0.4 is 20.9 Å². The molecule has 0 spiro atoms. The first-order chi connectivity index (χ1) is 15.6. The maximum absolute atomic E-state index is 12.5. The van der Waals surface area contributed by atoms with Gasteiger partial charge in [0.15, 0.2) is 0 Å². The molecule has 0 radical (unpaired) electrons. The Bertz CT molecular complexity index is 1120. The molecule has 2 aromatic heterocycles. The normalized spacial score (nSPS) is 14.4. The van der Waals surface area contributed by atoms with Crippen LogP contribution in [0.1, 0.15) is 13.3 Å². The Labute approximate surface area is 189 Å². The average molecular weight is 458 g/mol. The van der Waals surface area contributed by atoms with Crippen molar-refractivity contribution >= 4 is 33.3 Å². The number of hydrogen-bond acceptors (Lipinski definition) is 7. The molecule has 0 atom stereocenters. The number of anilines is 1. The van der Waals surface area contributed by atoms with Crippen molar-refractivity contribution in [2.75, 3.05) is 51.3 Å². The zero-order valence-corrected chi connectivity index (χ0v) is 18.8. The lowest BCUT2D eigenvalue weighted by molar-refractivity contribution is 0.0388. The minimum atomic E-state index is -0.291. The minimum Gasteiger partial charge on any atom is -0.493 e. The van der Waals surface area contributed by atoms with Crippen LogP contribution in [0.2, 0.25) is 0 Å². The number of thiophene rings is 1. The van der Waals surface area contributed by atoms with Crippen molar-refractivity contribution < 1.29 is 14.3 Å². The zero-order chi connectivity index (χ0) is 22.3. The number of nitrogens with zero attached hydrogens (tertiary/aromatic N) is 2. The fourth-order valence-electron chi connectivity index (χ4n) is 3.46. The molecule has 170 valence electrons. The molecular weight excluding hydrogens is 430 g/mol. The molecule has 0 unspecified atom stereocenters. The van der Waals surface area contributed by atoms with Gasteiger partial charge in [0.2, 0.25) is 0 Å². The molecule has 9 nitrogen and oxygen atoms in total. The topological polar surface area (TPSA) is 109 Å². The number of morpholine rings is 1. The number of hydrogen-bond donors (Lipinski definition) is 3. The Morgan fingerprint density at radius 2 is 2.16 bits per heavy atom. The molecule has 32 heavy (non-hydrogen) atoms. The van der Waals surface area contributed by atoms with E-state index in [0.29, 0.717) is 46.2 Å². The number of carbonyl (C=O) groups excluding carboxylic acids is 1. The highest BCUT2D eigenvalue weighted by molar-refractivity contribution is 7.17. The molecule has 4 rings (SSSR count). The molecule has 1 aliphatic heterocycles. The van der Waals surface area contributed by atoms with E-state index in [0.717, 1.165) is 39.3 Å². The molecule has 3 N–H and O–H groups in total. The van der Waals surface area contributed by atoms with E-state index in [-0.39, 0.29) is 11.6 Å². The van der Waals surface area contributed by atoms with Crippen molar-refractivity contribution in [2.24, 2.45) is 0 Å². The molecule has 2 amide bonds. The van der Waals surface area contributed by atoms with Gasteiger partial charge in [0.1, 0.15) is 16.3 Å². The summed E-state index contributed by atoms with van der Waals surface area (Å²) in [6, 6.07) is 6.85. The van der Waals surface area contributed by atoms with E-state index < -0.39 is 0 Å². The highest BCUT2D eigenvalue weighted by Crippen LogP contribution is 2.31. The van der Waals surface area contributed by atoms with E-state index in [4.69, 9.17) is 9.47 Å². The van der Waals surface area contributed by atoms with E-state index in [1.807, 2.05) is 18.4 Å². The quantitative estimate of drug-likeness (QED) is 0.480. The number of amides is 2. The van der Waals surface area contributed by atoms with Gasteiger partial charge in [-0.3, -0.25) is 9.69 Å². The van der Waals surface area contributed by atoms with Crippen LogP contribution in [0.15, 0.2) is 34.4 Å². The van der Waals surface area contributed by atoms with E-state index in [1.165, 1.54) is 11.3 Å². The molecular formula is C22H27N5O4S. The number of aromatic amines is 1. The SMILES string of the molecule is CCCOc1ccc(NC(=O)NCCN2CCOCC2)cc1-c1nc2ccsc2c(=O)[nH]1. The number of nitrogens with one attached hydrogen (secondary N) is 3. The molecule has 3 heterocycles. The second-order valence-corrected chi connectivity index (χ2v) is 8.36. The highest BCUT2D eigenvalue weighted by Gasteiger charge is 2.15. The molecule has 1 fully saturated rings. The Morgan fingerprint density at radius 1 is 1.31 bits per heavy atom. The second-order valence-electron chi connectivity index (χ2n) is 7.44. The second kappa shape index (κ2) is 10.6. The van der Waals surface area contributed by atoms with E-state index in [1.54, 1.807) is 18.2 Å². The van der Waals surface area contributed by atoms with Gasteiger partial charge in [0.25, 0.3) is 5.56 Å². The van der Waals surface area contributed by atoms with Crippen LogP contribution in [-0.2, 0) is 4.74 Å². The Balaban J connectivity index is 1.49. The van der Waals surface area contributed by atoms with Gasteiger partial charge in [-0.05, 0) is 36.1 Å². The van der Waals surface area contributed by atoms with Crippen molar-refractivity contribution in [3.8, 4) is 17.1 Å². The largest absolute Gasteiger partial charge is 0.493 e. The van der Waals surface area contributed by atoms with Gasteiger partial charge < -0.3 is 25.1 Å². The summed E-state index contributed by atoms with van der Waals surface area (Å²) in [5.74, 6) is 1.01. The lowest BCUT2D eigenvalue weighted by Crippen LogP contribution is -2.42. The molecule has 0 saturated carbocycles. The van der Waals surface area contributed by atoms with E-state index in [2.05, 4.69) is 25.5 Å². The van der Waals surface area contributed by atoms with E-state index >= 15 is 0 Å². The zero-order valence-electron chi connectivity index (χ0n) is 18.0. The summed E-state index contributed by atoms with van der Waals surface area (Å²) in [5, 5.41) is 7.57. The molecule has 0 aliphatic carbocycles. The number of fused-ring (bicyclic) bond motifs is 1. The van der Waals surface area contributed by atoms with Gasteiger partial charge in [0, 0.05) is 31.9 Å². The Morgan fingerprint density at radius 3 is 2.97 bits per heavy atom. The van der Waals surface area contributed by atoms with Gasteiger partial charge in [-0.25, -0.2) is 9.78 Å². The first-order valence-electron chi connectivity index (χ1n) is 10.7. The maximum atomic E-state index is 12.5. The third-order valence-electron chi connectivity index (χ3n) is 5.09. The summed E-state index contributed by atoms with van der Waals surface area (Å²) >= 11 is 1.35. The first kappa shape index (κ1) is 22.3. The van der Waals surface area contributed by atoms with Crippen molar-refractivity contribution in [2.45, 2.75) is 13.3 Å². The predicted octanol–water partition coefficient (Wildman–Crippen LogP) is 2.89. The third-order valence-corrected chi connectivity index (χ3v) is 5.99. The summed E-state index contributed by atoms with van der Waals surface area (Å²) in [7, 11) is 0. The van der Waals surface area contributed by atoms with Crippen molar-refractivity contribution in [3.05, 3.63) is 40.0 Å². The molecule has 10 heteroatoms. The number of benzene rings is 1. The summed E-state index contributed by atoms with van der Waals surface area (Å²) < 4.78 is 11.8. The lowest BCUT2D eigenvalue weighted by atomic mass is 10.1. The smallest absolute Gasteiger partial charge is 0.319 e. The average Bonchev–Trinajstić information content (AvgIpc) is 3.28. The van der Waals surface area contributed by atoms with E-state index in [9.17, 15) is 9.59 Å². The molecule has 1 aromatic carbocycles. The fourth-order valence-corrected chi connectivity index (χ4v) is 4.18. The fraction of sp³-hybridized carbons (Fsp3) is 0.409. The first-order valence-corrected chi connectivity index (χ1v) is 11.6. The van der Waals surface area contributed by atoms with Crippen LogP contribution in [0.4, 0.5) is 10.5 Å².